The van der Waals surface area contributed by atoms with Crippen LogP contribution in [0.25, 0.3) is 0 Å². The second kappa shape index (κ2) is 5.96. The summed E-state index contributed by atoms with van der Waals surface area (Å²) in [6, 6.07) is 1.88. The van der Waals surface area contributed by atoms with Gasteiger partial charge in [0.15, 0.2) is 0 Å². The van der Waals surface area contributed by atoms with Gasteiger partial charge >= 0.3 is 0 Å². The average Bonchev–Trinajstić information content (AvgIpc) is 3.14. The Kier molecular flexibility index (Phi) is 4.02. The van der Waals surface area contributed by atoms with Crippen LogP contribution in [0.5, 0.6) is 0 Å². The molecule has 1 unspecified atom stereocenters. The first kappa shape index (κ1) is 14.8. The molecule has 1 fully saturated rings. The number of hydrogen-bond donors (Lipinski definition) is 0. The zero-order chi connectivity index (χ0) is 15.7. The second-order valence-electron chi connectivity index (χ2n) is 5.68. The van der Waals surface area contributed by atoms with E-state index in [2.05, 4.69) is 16.8 Å². The molecule has 0 bridgehead atoms. The largest absolute Gasteiger partial charge is 0.469 e. The summed E-state index contributed by atoms with van der Waals surface area (Å²) < 4.78 is 7.29. The zero-order valence-electron chi connectivity index (χ0n) is 13.3. The molecule has 1 amide bonds. The fourth-order valence-corrected chi connectivity index (χ4v) is 3.10. The number of carbonyl (C=O) groups excluding carboxylic acids is 1. The fraction of sp³-hybridized carbons (Fsp3) is 0.500. The molecule has 0 N–H and O–H groups in total. The van der Waals surface area contributed by atoms with Gasteiger partial charge in [0.05, 0.1) is 17.9 Å². The molecule has 0 radical (unpaired) electrons. The summed E-state index contributed by atoms with van der Waals surface area (Å²) in [5.74, 6) is 1.72. The Hall–Kier alpha value is -2.08. The molecule has 0 aromatic carbocycles. The maximum Gasteiger partial charge on any atom is 0.257 e. The van der Waals surface area contributed by atoms with E-state index in [0.717, 1.165) is 25.5 Å². The van der Waals surface area contributed by atoms with Crippen molar-refractivity contribution in [2.24, 2.45) is 7.05 Å². The molecule has 0 aliphatic carbocycles. The van der Waals surface area contributed by atoms with Gasteiger partial charge in [-0.1, -0.05) is 6.92 Å². The number of imidazole rings is 1. The van der Waals surface area contributed by atoms with Gasteiger partial charge in [0.1, 0.15) is 11.6 Å². The highest BCUT2D eigenvalue weighted by atomic mass is 16.3. The fourth-order valence-electron chi connectivity index (χ4n) is 3.10. The minimum Gasteiger partial charge on any atom is -0.469 e. The van der Waals surface area contributed by atoms with Gasteiger partial charge in [-0.05, 0) is 19.5 Å². The van der Waals surface area contributed by atoms with Crippen LogP contribution in [0.2, 0.25) is 0 Å². The number of likely N-dealkylation sites (N-methyl/N-ethyl adjacent to an activating group) is 1. The zero-order valence-corrected chi connectivity index (χ0v) is 13.3. The van der Waals surface area contributed by atoms with Crippen molar-refractivity contribution in [1.82, 2.24) is 19.4 Å². The van der Waals surface area contributed by atoms with Gasteiger partial charge in [0.25, 0.3) is 5.91 Å². The molecule has 0 spiro atoms. The first-order valence-electron chi connectivity index (χ1n) is 7.66. The number of piperazine rings is 1. The lowest BCUT2D eigenvalue weighted by molar-refractivity contribution is 0.0471. The van der Waals surface area contributed by atoms with E-state index in [1.165, 1.54) is 0 Å². The third-order valence-electron chi connectivity index (χ3n) is 4.43. The third kappa shape index (κ3) is 2.54. The number of furan rings is 1. The van der Waals surface area contributed by atoms with E-state index >= 15 is 0 Å². The van der Waals surface area contributed by atoms with Gasteiger partial charge in [-0.25, -0.2) is 4.98 Å². The molecule has 3 heterocycles. The monoisotopic (exact) mass is 302 g/mol. The van der Waals surface area contributed by atoms with Crippen molar-refractivity contribution in [3.8, 4) is 0 Å². The quantitative estimate of drug-likeness (QED) is 0.868. The number of aromatic nitrogens is 2. The van der Waals surface area contributed by atoms with Crippen molar-refractivity contribution < 1.29 is 9.21 Å². The van der Waals surface area contributed by atoms with Crippen LogP contribution in [0.4, 0.5) is 0 Å². The van der Waals surface area contributed by atoms with Gasteiger partial charge in [-0.15, -0.1) is 0 Å². The smallest absolute Gasteiger partial charge is 0.257 e. The van der Waals surface area contributed by atoms with E-state index < -0.39 is 0 Å². The van der Waals surface area contributed by atoms with Crippen molar-refractivity contribution in [2.45, 2.75) is 19.9 Å². The van der Waals surface area contributed by atoms with E-state index in [1.807, 2.05) is 35.8 Å². The molecular formula is C16H22N4O2. The van der Waals surface area contributed by atoms with Crippen LogP contribution in [-0.4, -0.2) is 51.4 Å². The molecule has 1 saturated heterocycles. The summed E-state index contributed by atoms with van der Waals surface area (Å²) in [6.45, 7) is 7.17. The van der Waals surface area contributed by atoms with Gasteiger partial charge in [0.2, 0.25) is 0 Å². The van der Waals surface area contributed by atoms with Crippen LogP contribution in [0.3, 0.4) is 0 Å². The molecule has 1 aliphatic heterocycles. The predicted octanol–water partition coefficient (Wildman–Crippen LogP) is 1.84. The van der Waals surface area contributed by atoms with Crippen LogP contribution in [0.1, 0.15) is 34.9 Å². The lowest BCUT2D eigenvalue weighted by atomic mass is 10.1. The van der Waals surface area contributed by atoms with Crippen molar-refractivity contribution in [2.75, 3.05) is 26.2 Å². The van der Waals surface area contributed by atoms with Crippen LogP contribution in [-0.2, 0) is 7.05 Å². The van der Waals surface area contributed by atoms with Crippen LogP contribution in [0.15, 0.2) is 29.1 Å². The average molecular weight is 302 g/mol. The summed E-state index contributed by atoms with van der Waals surface area (Å²) in [4.78, 5) is 21.4. The van der Waals surface area contributed by atoms with Crippen molar-refractivity contribution in [1.29, 1.82) is 0 Å². The van der Waals surface area contributed by atoms with E-state index in [0.29, 0.717) is 17.9 Å². The van der Waals surface area contributed by atoms with Crippen molar-refractivity contribution >= 4 is 5.91 Å². The number of aryl methyl sites for hydroxylation is 2. The molecule has 2 aromatic rings. The van der Waals surface area contributed by atoms with Gasteiger partial charge in [-0.3, -0.25) is 9.69 Å². The van der Waals surface area contributed by atoms with E-state index in [1.54, 1.807) is 12.3 Å². The first-order valence-corrected chi connectivity index (χ1v) is 7.66. The van der Waals surface area contributed by atoms with Gasteiger partial charge in [0, 0.05) is 39.1 Å². The molecule has 0 saturated carbocycles. The Labute approximate surface area is 130 Å². The van der Waals surface area contributed by atoms with E-state index in [4.69, 9.17) is 4.42 Å². The topological polar surface area (TPSA) is 54.5 Å². The van der Waals surface area contributed by atoms with Crippen molar-refractivity contribution in [3.63, 3.8) is 0 Å². The molecule has 1 atom stereocenters. The standard InChI is InChI=1S/C16H22N4O2/c1-4-19-8-9-20(16(21)13-5-10-22-12(13)2)11-14(19)15-17-6-7-18(15)3/h5-7,10,14H,4,8-9,11H2,1-3H3. The Balaban J connectivity index is 1.83. The highest BCUT2D eigenvalue weighted by Crippen LogP contribution is 2.25. The SMILES string of the molecule is CCN1CCN(C(=O)c2ccoc2C)CC1c1nccn1C. The summed E-state index contributed by atoms with van der Waals surface area (Å²) in [7, 11) is 2.00. The lowest BCUT2D eigenvalue weighted by Gasteiger charge is -2.40. The molecule has 22 heavy (non-hydrogen) atoms. The molecule has 6 nitrogen and oxygen atoms in total. The molecule has 2 aromatic heterocycles. The highest BCUT2D eigenvalue weighted by molar-refractivity contribution is 5.95. The maximum atomic E-state index is 12.7. The first-order chi connectivity index (χ1) is 10.6. The Bertz CT molecular complexity index is 661. The minimum atomic E-state index is 0.0428. The van der Waals surface area contributed by atoms with Crippen LogP contribution >= 0.6 is 0 Å². The number of amides is 1. The van der Waals surface area contributed by atoms with E-state index in [9.17, 15) is 4.79 Å². The van der Waals surface area contributed by atoms with Gasteiger partial charge < -0.3 is 13.9 Å². The molecule has 3 rings (SSSR count). The number of carbonyl (C=O) groups is 1. The van der Waals surface area contributed by atoms with Gasteiger partial charge in [-0.2, -0.15) is 0 Å². The Morgan fingerprint density at radius 3 is 2.86 bits per heavy atom. The van der Waals surface area contributed by atoms with Crippen molar-refractivity contribution in [3.05, 3.63) is 41.9 Å². The summed E-state index contributed by atoms with van der Waals surface area (Å²) in [5.41, 5.74) is 0.656. The third-order valence-corrected chi connectivity index (χ3v) is 4.43. The lowest BCUT2D eigenvalue weighted by Crippen LogP contribution is -2.51. The summed E-state index contributed by atoms with van der Waals surface area (Å²) >= 11 is 0. The number of rotatable bonds is 3. The van der Waals surface area contributed by atoms with Crippen LogP contribution < -0.4 is 0 Å². The normalized spacial score (nSPS) is 19.6. The predicted molar refractivity (Wildman–Crippen MR) is 82.5 cm³/mol. The number of nitrogens with zero attached hydrogens (tertiary/aromatic N) is 4. The van der Waals surface area contributed by atoms with Crippen LogP contribution in [0, 0.1) is 6.92 Å². The summed E-state index contributed by atoms with van der Waals surface area (Å²) in [5, 5.41) is 0. The maximum absolute atomic E-state index is 12.7. The second-order valence-corrected chi connectivity index (χ2v) is 5.68. The molecular weight excluding hydrogens is 280 g/mol. The minimum absolute atomic E-state index is 0.0428. The van der Waals surface area contributed by atoms with E-state index in [-0.39, 0.29) is 11.9 Å². The molecule has 1 aliphatic rings. The summed E-state index contributed by atoms with van der Waals surface area (Å²) in [6.07, 6.45) is 5.33. The molecule has 6 heteroatoms. The Morgan fingerprint density at radius 2 is 2.27 bits per heavy atom. The Morgan fingerprint density at radius 1 is 1.45 bits per heavy atom. The highest BCUT2D eigenvalue weighted by Gasteiger charge is 2.33. The molecule has 118 valence electrons. The number of hydrogen-bond acceptors (Lipinski definition) is 4.